The van der Waals surface area contributed by atoms with Gasteiger partial charge in [-0.1, -0.05) is 0 Å². The van der Waals surface area contributed by atoms with Gasteiger partial charge in [0, 0.05) is 37.6 Å². The molecule has 2 aromatic rings. The molecule has 26 heavy (non-hydrogen) atoms. The number of aromatic nitrogens is 1. The topological polar surface area (TPSA) is 71.8 Å². The summed E-state index contributed by atoms with van der Waals surface area (Å²) in [6.45, 7) is 1.22. The van der Waals surface area contributed by atoms with Crippen LogP contribution < -0.4 is 4.74 Å². The van der Waals surface area contributed by atoms with Crippen LogP contribution in [0.5, 0.6) is 5.75 Å². The van der Waals surface area contributed by atoms with Gasteiger partial charge in [-0.15, -0.1) is 0 Å². The van der Waals surface area contributed by atoms with E-state index in [1.165, 1.54) is 0 Å². The van der Waals surface area contributed by atoms with Gasteiger partial charge in [-0.3, -0.25) is 9.69 Å². The first kappa shape index (κ1) is 17.4. The first-order valence-corrected chi connectivity index (χ1v) is 10.5. The number of methoxy groups -OCH3 is 1. The van der Waals surface area contributed by atoms with Crippen LogP contribution in [0.3, 0.4) is 0 Å². The van der Waals surface area contributed by atoms with E-state index in [2.05, 4.69) is 4.90 Å². The van der Waals surface area contributed by atoms with Gasteiger partial charge in [0.15, 0.2) is 9.84 Å². The Morgan fingerprint density at radius 3 is 2.58 bits per heavy atom. The molecular formula is C18H23N3O4S. The minimum absolute atomic E-state index is 0.0471. The molecule has 7 nitrogen and oxygen atoms in total. The molecule has 8 heteroatoms. The van der Waals surface area contributed by atoms with Gasteiger partial charge in [-0.2, -0.15) is 0 Å². The van der Waals surface area contributed by atoms with Gasteiger partial charge in [0.1, 0.15) is 11.4 Å². The summed E-state index contributed by atoms with van der Waals surface area (Å²) in [7, 11) is 2.29. The predicted molar refractivity (Wildman–Crippen MR) is 99.4 cm³/mol. The second-order valence-electron chi connectivity index (χ2n) is 7.20. The lowest BCUT2D eigenvalue weighted by molar-refractivity contribution is 0.0402. The van der Waals surface area contributed by atoms with Crippen molar-refractivity contribution in [2.24, 2.45) is 7.05 Å². The number of aryl methyl sites for hydroxylation is 1. The standard InChI is InChI=1S/C18H23N3O4S/c1-19-6-7-21(17-11-26(23,24)10-16(17)19)18(22)15-8-12-4-5-13(25-3)9-14(12)20(15)2/h4-5,8-9,16-17H,6-7,10-11H2,1-3H3. The summed E-state index contributed by atoms with van der Waals surface area (Å²) in [5.74, 6) is 0.803. The number of sulfone groups is 1. The number of carbonyl (C=O) groups excluding carboxylic acids is 1. The zero-order chi connectivity index (χ0) is 18.6. The van der Waals surface area contributed by atoms with E-state index in [9.17, 15) is 13.2 Å². The molecule has 2 atom stereocenters. The molecule has 1 aromatic heterocycles. The Bertz CT molecular complexity index is 982. The average molecular weight is 377 g/mol. The highest BCUT2D eigenvalue weighted by atomic mass is 32.2. The Morgan fingerprint density at radius 1 is 1.12 bits per heavy atom. The average Bonchev–Trinajstić information content (AvgIpc) is 3.11. The Labute approximate surface area is 153 Å². The number of carbonyl (C=O) groups is 1. The van der Waals surface area contributed by atoms with Crippen LogP contribution in [0.4, 0.5) is 0 Å². The van der Waals surface area contributed by atoms with Crippen molar-refractivity contribution >= 4 is 26.6 Å². The largest absolute Gasteiger partial charge is 0.497 e. The lowest BCUT2D eigenvalue weighted by Gasteiger charge is -2.42. The zero-order valence-electron chi connectivity index (χ0n) is 15.2. The summed E-state index contributed by atoms with van der Waals surface area (Å²) in [4.78, 5) is 17.1. The predicted octanol–water partition coefficient (Wildman–Crippen LogP) is 0.740. The second kappa shape index (κ2) is 5.99. The molecule has 2 aliphatic rings. The van der Waals surface area contributed by atoms with Crippen LogP contribution >= 0.6 is 0 Å². The Morgan fingerprint density at radius 2 is 1.85 bits per heavy atom. The lowest BCUT2D eigenvalue weighted by Crippen LogP contribution is -2.59. The fraction of sp³-hybridized carbons (Fsp3) is 0.500. The molecule has 0 N–H and O–H groups in total. The van der Waals surface area contributed by atoms with E-state index in [0.29, 0.717) is 18.8 Å². The Balaban J connectivity index is 1.71. The van der Waals surface area contributed by atoms with E-state index in [1.807, 2.05) is 42.9 Å². The third-order valence-electron chi connectivity index (χ3n) is 5.69. The quantitative estimate of drug-likeness (QED) is 0.772. The van der Waals surface area contributed by atoms with Crippen molar-refractivity contribution in [3.8, 4) is 5.75 Å². The highest BCUT2D eigenvalue weighted by molar-refractivity contribution is 7.91. The number of benzene rings is 1. The van der Waals surface area contributed by atoms with Gasteiger partial charge in [-0.25, -0.2) is 8.42 Å². The van der Waals surface area contributed by atoms with Gasteiger partial charge < -0.3 is 14.2 Å². The zero-order valence-corrected chi connectivity index (χ0v) is 16.0. The van der Waals surface area contributed by atoms with Crippen LogP contribution in [0.25, 0.3) is 10.9 Å². The van der Waals surface area contributed by atoms with E-state index in [0.717, 1.165) is 16.7 Å². The molecule has 1 amide bonds. The molecular weight excluding hydrogens is 354 g/mol. The fourth-order valence-corrected chi connectivity index (χ4v) is 6.22. The molecule has 2 aliphatic heterocycles. The van der Waals surface area contributed by atoms with Crippen molar-refractivity contribution in [3.63, 3.8) is 0 Å². The number of likely N-dealkylation sites (N-methyl/N-ethyl adjacent to an activating group) is 1. The van der Waals surface area contributed by atoms with Crippen LogP contribution in [-0.4, -0.2) is 79.5 Å². The molecule has 140 valence electrons. The summed E-state index contributed by atoms with van der Waals surface area (Å²) in [5, 5.41) is 0.960. The summed E-state index contributed by atoms with van der Waals surface area (Å²) >= 11 is 0. The molecule has 0 saturated carbocycles. The lowest BCUT2D eigenvalue weighted by atomic mass is 10.0. The van der Waals surface area contributed by atoms with Crippen LogP contribution in [0.1, 0.15) is 10.5 Å². The summed E-state index contributed by atoms with van der Waals surface area (Å²) < 4.78 is 31.4. The Hall–Kier alpha value is -2.06. The number of hydrogen-bond acceptors (Lipinski definition) is 5. The molecule has 2 unspecified atom stereocenters. The molecule has 3 heterocycles. The first-order chi connectivity index (χ1) is 12.3. The molecule has 0 radical (unpaired) electrons. The van der Waals surface area contributed by atoms with Crippen molar-refractivity contribution in [1.82, 2.24) is 14.4 Å². The summed E-state index contributed by atoms with van der Waals surface area (Å²) in [6.07, 6.45) is 0. The molecule has 2 saturated heterocycles. The Kier molecular flexibility index (Phi) is 4.00. The van der Waals surface area contributed by atoms with Crippen LogP contribution in [0.15, 0.2) is 24.3 Å². The summed E-state index contributed by atoms with van der Waals surface area (Å²) in [6, 6.07) is 7.17. The fourth-order valence-electron chi connectivity index (χ4n) is 4.17. The number of fused-ring (bicyclic) bond motifs is 2. The SMILES string of the molecule is COc1ccc2cc(C(=O)N3CCN(C)C4CS(=O)(=O)CC43)n(C)c2c1. The van der Waals surface area contributed by atoms with Crippen LogP contribution in [0.2, 0.25) is 0 Å². The van der Waals surface area contributed by atoms with Crippen molar-refractivity contribution in [2.75, 3.05) is 38.8 Å². The highest BCUT2D eigenvalue weighted by Gasteiger charge is 2.47. The first-order valence-electron chi connectivity index (χ1n) is 8.66. The van der Waals surface area contributed by atoms with E-state index in [4.69, 9.17) is 4.74 Å². The van der Waals surface area contributed by atoms with Crippen molar-refractivity contribution in [1.29, 1.82) is 0 Å². The van der Waals surface area contributed by atoms with Gasteiger partial charge in [0.05, 0.1) is 30.2 Å². The molecule has 2 fully saturated rings. The van der Waals surface area contributed by atoms with E-state index in [1.54, 1.807) is 12.0 Å². The van der Waals surface area contributed by atoms with E-state index < -0.39 is 9.84 Å². The minimum Gasteiger partial charge on any atom is -0.497 e. The van der Waals surface area contributed by atoms with Gasteiger partial charge in [-0.05, 0) is 25.2 Å². The molecule has 0 spiro atoms. The second-order valence-corrected chi connectivity index (χ2v) is 9.36. The third kappa shape index (κ3) is 2.68. The summed E-state index contributed by atoms with van der Waals surface area (Å²) in [5.41, 5.74) is 1.48. The van der Waals surface area contributed by atoms with Crippen molar-refractivity contribution < 1.29 is 17.9 Å². The molecule has 0 bridgehead atoms. The monoisotopic (exact) mass is 377 g/mol. The maximum absolute atomic E-state index is 13.3. The number of nitrogens with zero attached hydrogens (tertiary/aromatic N) is 3. The van der Waals surface area contributed by atoms with Crippen LogP contribution in [-0.2, 0) is 16.9 Å². The van der Waals surface area contributed by atoms with Crippen molar-refractivity contribution in [3.05, 3.63) is 30.0 Å². The van der Waals surface area contributed by atoms with Gasteiger partial charge in [0.2, 0.25) is 0 Å². The van der Waals surface area contributed by atoms with Crippen molar-refractivity contribution in [2.45, 2.75) is 12.1 Å². The number of amides is 1. The van der Waals surface area contributed by atoms with Gasteiger partial charge >= 0.3 is 0 Å². The maximum atomic E-state index is 13.3. The smallest absolute Gasteiger partial charge is 0.270 e. The number of hydrogen-bond donors (Lipinski definition) is 0. The number of rotatable bonds is 2. The highest BCUT2D eigenvalue weighted by Crippen LogP contribution is 2.29. The number of ether oxygens (including phenoxy) is 1. The third-order valence-corrected chi connectivity index (χ3v) is 7.38. The molecule has 1 aromatic carbocycles. The number of piperazine rings is 1. The molecule has 0 aliphatic carbocycles. The molecule has 4 rings (SSSR count). The van der Waals surface area contributed by atoms with Gasteiger partial charge in [0.25, 0.3) is 5.91 Å². The van der Waals surface area contributed by atoms with Crippen LogP contribution in [0, 0.1) is 0 Å². The van der Waals surface area contributed by atoms with E-state index in [-0.39, 0.29) is 29.5 Å². The normalized spacial score (nSPS) is 25.4. The minimum atomic E-state index is -3.11. The van der Waals surface area contributed by atoms with E-state index >= 15 is 0 Å². The maximum Gasteiger partial charge on any atom is 0.270 e.